The Bertz CT molecular complexity index is 3410. The lowest BCUT2D eigenvalue weighted by atomic mass is 9.70. The minimum Gasteiger partial charge on any atom is -0.309 e. The van der Waals surface area contributed by atoms with Crippen LogP contribution in [-0.2, 0) is 5.41 Å². The largest absolute Gasteiger partial charge is 0.309 e. The zero-order valence-corrected chi connectivity index (χ0v) is 30.5. The molecule has 0 bridgehead atoms. The summed E-state index contributed by atoms with van der Waals surface area (Å²) < 4.78 is 2.54. The number of para-hydroxylation sites is 1. The molecule has 2 aliphatic carbocycles. The molecule has 11 aromatic rings. The number of fused-ring (bicyclic) bond motifs is 19. The van der Waals surface area contributed by atoms with Crippen LogP contribution < -0.4 is 0 Å². The van der Waals surface area contributed by atoms with Crippen molar-refractivity contribution < 1.29 is 0 Å². The SMILES string of the molecule is c1ccc2c(c1)-c1ccccc1C21c2ccccc2-c2c(-n3c4ccccc4c4ccc(-c5ccc6c7ccccc7c7ccccc7c6c5)cc43)cccc21. The number of rotatable bonds is 2. The Morgan fingerprint density at radius 2 is 0.732 bits per heavy atom. The molecule has 0 aliphatic heterocycles. The van der Waals surface area contributed by atoms with Crippen molar-refractivity contribution in [2.45, 2.75) is 5.41 Å². The van der Waals surface area contributed by atoms with Crippen LogP contribution in [0.25, 0.3) is 93.2 Å². The molecular weight excluding hydrogens is 675 g/mol. The molecule has 0 radical (unpaired) electrons. The molecule has 2 aliphatic rings. The molecule has 1 heterocycles. The van der Waals surface area contributed by atoms with Crippen molar-refractivity contribution in [1.82, 2.24) is 4.57 Å². The molecule has 1 spiro atoms. The highest BCUT2D eigenvalue weighted by Gasteiger charge is 2.52. The molecule has 0 N–H and O–H groups in total. The van der Waals surface area contributed by atoms with Gasteiger partial charge in [-0.1, -0.05) is 176 Å². The van der Waals surface area contributed by atoms with Gasteiger partial charge in [0.05, 0.1) is 22.1 Å². The summed E-state index contributed by atoms with van der Waals surface area (Å²) in [7, 11) is 0. The van der Waals surface area contributed by atoms with Crippen molar-refractivity contribution in [2.24, 2.45) is 0 Å². The minimum absolute atomic E-state index is 0.392. The summed E-state index contributed by atoms with van der Waals surface area (Å²) >= 11 is 0. The number of nitrogens with zero attached hydrogens (tertiary/aromatic N) is 1. The van der Waals surface area contributed by atoms with Gasteiger partial charge in [-0.2, -0.15) is 0 Å². The van der Waals surface area contributed by atoms with Crippen molar-refractivity contribution >= 4 is 54.1 Å². The molecule has 1 heteroatoms. The van der Waals surface area contributed by atoms with Crippen LogP contribution >= 0.6 is 0 Å². The minimum atomic E-state index is -0.392. The molecule has 0 fully saturated rings. The van der Waals surface area contributed by atoms with Crippen LogP contribution in [0, 0.1) is 0 Å². The Hall–Kier alpha value is -7.22. The Balaban J connectivity index is 1.10. The Labute approximate surface area is 324 Å². The number of aromatic nitrogens is 1. The molecule has 56 heavy (non-hydrogen) atoms. The van der Waals surface area contributed by atoms with E-state index in [0.29, 0.717) is 0 Å². The highest BCUT2D eigenvalue weighted by Crippen LogP contribution is 2.63. The molecule has 1 aromatic heterocycles. The van der Waals surface area contributed by atoms with Gasteiger partial charge >= 0.3 is 0 Å². The van der Waals surface area contributed by atoms with Gasteiger partial charge in [0, 0.05) is 16.3 Å². The third-order valence-electron chi connectivity index (χ3n) is 13.0. The van der Waals surface area contributed by atoms with Crippen molar-refractivity contribution in [3.8, 4) is 39.1 Å². The molecule has 0 saturated heterocycles. The molecule has 258 valence electrons. The molecule has 0 amide bonds. The lowest BCUT2D eigenvalue weighted by Crippen LogP contribution is -2.25. The highest BCUT2D eigenvalue weighted by atomic mass is 15.0. The third kappa shape index (κ3) is 3.70. The average Bonchev–Trinajstić information content (AvgIpc) is 3.88. The predicted molar refractivity (Wildman–Crippen MR) is 235 cm³/mol. The van der Waals surface area contributed by atoms with Gasteiger partial charge in [0.1, 0.15) is 0 Å². The molecule has 0 saturated carbocycles. The smallest absolute Gasteiger partial charge is 0.0726 e. The van der Waals surface area contributed by atoms with Gasteiger partial charge in [-0.3, -0.25) is 0 Å². The van der Waals surface area contributed by atoms with E-state index in [2.05, 4.69) is 205 Å². The van der Waals surface area contributed by atoms with Crippen LogP contribution in [0.15, 0.2) is 200 Å². The predicted octanol–water partition coefficient (Wildman–Crippen LogP) is 14.3. The van der Waals surface area contributed by atoms with Crippen molar-refractivity contribution in [2.75, 3.05) is 0 Å². The Morgan fingerprint density at radius 1 is 0.286 bits per heavy atom. The van der Waals surface area contributed by atoms with Gasteiger partial charge in [0.25, 0.3) is 0 Å². The van der Waals surface area contributed by atoms with E-state index in [1.54, 1.807) is 0 Å². The summed E-state index contributed by atoms with van der Waals surface area (Å²) in [5.41, 5.74) is 16.4. The zero-order chi connectivity index (χ0) is 36.5. The van der Waals surface area contributed by atoms with E-state index in [1.807, 2.05) is 0 Å². The van der Waals surface area contributed by atoms with Crippen LogP contribution in [0.2, 0.25) is 0 Å². The van der Waals surface area contributed by atoms with Gasteiger partial charge in [0.15, 0.2) is 0 Å². The van der Waals surface area contributed by atoms with Crippen LogP contribution in [-0.4, -0.2) is 4.57 Å². The molecular formula is C55H33N. The standard InChI is InChI=1S/C55H33N/c1-2-16-38-36(14-1)37-15-3-4-17-39(37)46-32-34(28-30-40(38)46)35-29-31-44-43-20-8-12-26-51(43)56(53(44)33-35)52-27-13-25-50-54(52)45-21-7-11-24-49(45)55(50)47-22-9-5-18-41(47)42-19-6-10-23-48(42)55/h1-33H. The monoisotopic (exact) mass is 707 g/mol. The van der Waals surface area contributed by atoms with Crippen molar-refractivity contribution in [3.63, 3.8) is 0 Å². The summed E-state index contributed by atoms with van der Waals surface area (Å²) in [6.45, 7) is 0. The first-order valence-electron chi connectivity index (χ1n) is 19.6. The van der Waals surface area contributed by atoms with Crippen LogP contribution in [0.3, 0.4) is 0 Å². The fourth-order valence-corrected chi connectivity index (χ4v) is 10.8. The molecule has 0 atom stereocenters. The second kappa shape index (κ2) is 10.9. The third-order valence-corrected chi connectivity index (χ3v) is 13.0. The molecule has 1 nitrogen and oxygen atoms in total. The fourth-order valence-electron chi connectivity index (χ4n) is 10.8. The number of hydrogen-bond donors (Lipinski definition) is 0. The maximum atomic E-state index is 2.54. The number of benzene rings is 10. The van der Waals surface area contributed by atoms with Gasteiger partial charge in [-0.15, -0.1) is 0 Å². The van der Waals surface area contributed by atoms with Gasteiger partial charge in [-0.05, 0) is 107 Å². The van der Waals surface area contributed by atoms with E-state index in [1.165, 1.54) is 115 Å². The van der Waals surface area contributed by atoms with Gasteiger partial charge in [0.2, 0.25) is 0 Å². The van der Waals surface area contributed by atoms with E-state index in [0.717, 1.165) is 0 Å². The second-order valence-corrected chi connectivity index (χ2v) is 15.5. The lowest BCUT2D eigenvalue weighted by Gasteiger charge is -2.30. The first-order valence-corrected chi connectivity index (χ1v) is 19.6. The van der Waals surface area contributed by atoms with E-state index < -0.39 is 5.41 Å². The summed E-state index contributed by atoms with van der Waals surface area (Å²) in [6.07, 6.45) is 0. The first kappa shape index (κ1) is 30.1. The van der Waals surface area contributed by atoms with Crippen LogP contribution in [0.5, 0.6) is 0 Å². The zero-order valence-electron chi connectivity index (χ0n) is 30.5. The maximum Gasteiger partial charge on any atom is 0.0726 e. The van der Waals surface area contributed by atoms with E-state index in [4.69, 9.17) is 0 Å². The lowest BCUT2D eigenvalue weighted by molar-refractivity contribution is 0.793. The Kier molecular flexibility index (Phi) is 5.89. The molecule has 13 rings (SSSR count). The van der Waals surface area contributed by atoms with Crippen LogP contribution in [0.4, 0.5) is 0 Å². The summed E-state index contributed by atoms with van der Waals surface area (Å²) in [4.78, 5) is 0. The van der Waals surface area contributed by atoms with Gasteiger partial charge in [-0.25, -0.2) is 0 Å². The maximum absolute atomic E-state index is 2.54. The van der Waals surface area contributed by atoms with Crippen molar-refractivity contribution in [3.05, 3.63) is 222 Å². The fraction of sp³-hybridized carbons (Fsp3) is 0.0182. The first-order chi connectivity index (χ1) is 27.8. The summed E-state index contributed by atoms with van der Waals surface area (Å²) in [5, 5.41) is 10.3. The van der Waals surface area contributed by atoms with Gasteiger partial charge < -0.3 is 4.57 Å². The molecule has 0 unspecified atom stereocenters. The summed E-state index contributed by atoms with van der Waals surface area (Å²) in [6, 6.07) is 75.0. The highest BCUT2D eigenvalue weighted by molar-refractivity contribution is 6.26. The Morgan fingerprint density at radius 3 is 1.39 bits per heavy atom. The average molecular weight is 708 g/mol. The summed E-state index contributed by atoms with van der Waals surface area (Å²) in [5.74, 6) is 0. The second-order valence-electron chi connectivity index (χ2n) is 15.5. The quantitative estimate of drug-likeness (QED) is 0.158. The van der Waals surface area contributed by atoms with Crippen LogP contribution in [0.1, 0.15) is 22.3 Å². The molecule has 10 aromatic carbocycles. The van der Waals surface area contributed by atoms with E-state index in [9.17, 15) is 0 Å². The van der Waals surface area contributed by atoms with E-state index in [-0.39, 0.29) is 0 Å². The topological polar surface area (TPSA) is 4.93 Å². The van der Waals surface area contributed by atoms with Crippen molar-refractivity contribution in [1.29, 1.82) is 0 Å². The normalized spacial score (nSPS) is 13.5. The number of hydrogen-bond acceptors (Lipinski definition) is 0. The van der Waals surface area contributed by atoms with E-state index >= 15 is 0 Å².